The van der Waals surface area contributed by atoms with E-state index in [2.05, 4.69) is 29.5 Å². The van der Waals surface area contributed by atoms with Gasteiger partial charge in [-0.15, -0.1) is 0 Å². The number of nitrogens with one attached hydrogen (secondary N) is 2. The second-order valence-corrected chi connectivity index (χ2v) is 5.48. The van der Waals surface area contributed by atoms with E-state index < -0.39 is 0 Å². The van der Waals surface area contributed by atoms with Gasteiger partial charge in [-0.2, -0.15) is 0 Å². The first-order valence-electron chi connectivity index (χ1n) is 7.28. The lowest BCUT2D eigenvalue weighted by atomic mass is 10.2. The highest BCUT2D eigenvalue weighted by Crippen LogP contribution is 2.10. The van der Waals surface area contributed by atoms with Crippen molar-refractivity contribution < 1.29 is 9.18 Å². The first-order valence-corrected chi connectivity index (χ1v) is 7.28. The third-order valence-electron chi connectivity index (χ3n) is 3.10. The van der Waals surface area contributed by atoms with Crippen LogP contribution in [0.25, 0.3) is 0 Å². The minimum atomic E-state index is -0.330. The molecule has 1 amide bonds. The Morgan fingerprint density at radius 1 is 1.27 bits per heavy atom. The zero-order valence-corrected chi connectivity index (χ0v) is 12.8. The molecule has 22 heavy (non-hydrogen) atoms. The van der Waals surface area contributed by atoms with Crippen LogP contribution in [0.4, 0.5) is 10.1 Å². The summed E-state index contributed by atoms with van der Waals surface area (Å²) >= 11 is 0. The molecule has 0 saturated heterocycles. The molecule has 0 fully saturated rings. The number of benzene rings is 1. The maximum atomic E-state index is 13.5. The van der Waals surface area contributed by atoms with Crippen LogP contribution in [0.2, 0.25) is 0 Å². The summed E-state index contributed by atoms with van der Waals surface area (Å²) in [6.45, 7) is 5.17. The average Bonchev–Trinajstić information content (AvgIpc) is 2.52. The number of hydrogen-bond acceptors (Lipinski definition) is 3. The maximum absolute atomic E-state index is 13.5. The van der Waals surface area contributed by atoms with Gasteiger partial charge < -0.3 is 10.6 Å². The van der Waals surface area contributed by atoms with Crippen LogP contribution in [-0.4, -0.2) is 17.4 Å². The lowest BCUT2D eigenvalue weighted by Crippen LogP contribution is -2.24. The Morgan fingerprint density at radius 3 is 2.77 bits per heavy atom. The topological polar surface area (TPSA) is 54.0 Å². The highest BCUT2D eigenvalue weighted by atomic mass is 19.1. The van der Waals surface area contributed by atoms with Gasteiger partial charge in [-0.1, -0.05) is 32.0 Å². The second-order valence-electron chi connectivity index (χ2n) is 5.48. The number of aromatic nitrogens is 1. The van der Waals surface area contributed by atoms with Crippen molar-refractivity contribution in [1.82, 2.24) is 10.3 Å². The van der Waals surface area contributed by atoms with E-state index in [1.807, 2.05) is 6.07 Å². The molecule has 0 atom stereocenters. The Hall–Kier alpha value is -2.43. The number of amides is 1. The molecule has 0 saturated carbocycles. The molecule has 0 spiro atoms. The first-order chi connectivity index (χ1) is 10.6. The van der Waals surface area contributed by atoms with E-state index in [0.29, 0.717) is 17.2 Å². The summed E-state index contributed by atoms with van der Waals surface area (Å²) in [5.74, 6) is -0.147. The number of pyridine rings is 1. The summed E-state index contributed by atoms with van der Waals surface area (Å²) in [7, 11) is 0. The Balaban J connectivity index is 1.97. The SMILES string of the molecule is CC(C)CNc1ccnc(C(=O)NCc2ccccc2F)c1. The Morgan fingerprint density at radius 2 is 2.05 bits per heavy atom. The third kappa shape index (κ3) is 4.55. The second kappa shape index (κ2) is 7.54. The fraction of sp³-hybridized carbons (Fsp3) is 0.294. The lowest BCUT2D eigenvalue weighted by molar-refractivity contribution is 0.0945. The molecule has 4 nitrogen and oxygen atoms in total. The molecule has 1 aromatic heterocycles. The van der Waals surface area contributed by atoms with Crippen LogP contribution in [0.3, 0.4) is 0 Å². The number of anilines is 1. The molecule has 2 rings (SSSR count). The van der Waals surface area contributed by atoms with Crippen LogP contribution in [0.5, 0.6) is 0 Å². The molecule has 0 aliphatic heterocycles. The molecule has 1 heterocycles. The van der Waals surface area contributed by atoms with Crippen molar-refractivity contribution in [2.24, 2.45) is 5.92 Å². The summed E-state index contributed by atoms with van der Waals surface area (Å²) in [4.78, 5) is 16.2. The van der Waals surface area contributed by atoms with E-state index in [-0.39, 0.29) is 18.3 Å². The maximum Gasteiger partial charge on any atom is 0.270 e. The normalized spacial score (nSPS) is 10.5. The van der Waals surface area contributed by atoms with Gasteiger partial charge in [0.05, 0.1) is 0 Å². The monoisotopic (exact) mass is 301 g/mol. The summed E-state index contributed by atoms with van der Waals surface area (Å²) in [5, 5.41) is 5.92. The van der Waals surface area contributed by atoms with E-state index in [4.69, 9.17) is 0 Å². The van der Waals surface area contributed by atoms with Gasteiger partial charge in [0.2, 0.25) is 0 Å². The van der Waals surface area contributed by atoms with Gasteiger partial charge in [0.25, 0.3) is 5.91 Å². The Labute approximate surface area is 129 Å². The van der Waals surface area contributed by atoms with Crippen LogP contribution in [-0.2, 0) is 6.54 Å². The van der Waals surface area contributed by atoms with E-state index in [0.717, 1.165) is 12.2 Å². The fourth-order valence-corrected chi connectivity index (χ4v) is 1.89. The lowest BCUT2D eigenvalue weighted by Gasteiger charge is -2.10. The van der Waals surface area contributed by atoms with Crippen LogP contribution in [0.15, 0.2) is 42.6 Å². The number of carbonyl (C=O) groups excluding carboxylic acids is 1. The van der Waals surface area contributed by atoms with Crippen molar-refractivity contribution in [2.45, 2.75) is 20.4 Å². The number of rotatable bonds is 6. The molecule has 0 unspecified atom stereocenters. The average molecular weight is 301 g/mol. The van der Waals surface area contributed by atoms with E-state index >= 15 is 0 Å². The van der Waals surface area contributed by atoms with Gasteiger partial charge in [-0.05, 0) is 24.1 Å². The molecule has 2 N–H and O–H groups in total. The molecule has 0 bridgehead atoms. The first kappa shape index (κ1) is 15.9. The quantitative estimate of drug-likeness (QED) is 0.861. The molecule has 0 aliphatic rings. The standard InChI is InChI=1S/C17H20FN3O/c1-12(2)10-20-14-7-8-19-16(9-14)17(22)21-11-13-5-3-4-6-15(13)18/h3-9,12H,10-11H2,1-2H3,(H,19,20)(H,21,22). The summed E-state index contributed by atoms with van der Waals surface area (Å²) in [6, 6.07) is 9.88. The van der Waals surface area contributed by atoms with Crippen LogP contribution < -0.4 is 10.6 Å². The summed E-state index contributed by atoms with van der Waals surface area (Å²) in [5.41, 5.74) is 1.61. The van der Waals surface area contributed by atoms with Crippen molar-refractivity contribution in [2.75, 3.05) is 11.9 Å². The smallest absolute Gasteiger partial charge is 0.270 e. The highest BCUT2D eigenvalue weighted by Gasteiger charge is 2.09. The van der Waals surface area contributed by atoms with Gasteiger partial charge in [-0.3, -0.25) is 9.78 Å². The van der Waals surface area contributed by atoms with Gasteiger partial charge >= 0.3 is 0 Å². The predicted molar refractivity (Wildman–Crippen MR) is 85.1 cm³/mol. The Bertz CT molecular complexity index is 643. The van der Waals surface area contributed by atoms with Crippen molar-refractivity contribution in [3.05, 3.63) is 59.7 Å². The van der Waals surface area contributed by atoms with Crippen molar-refractivity contribution in [3.8, 4) is 0 Å². The van der Waals surface area contributed by atoms with Gasteiger partial charge in [0.1, 0.15) is 11.5 Å². The van der Waals surface area contributed by atoms with Crippen molar-refractivity contribution >= 4 is 11.6 Å². The van der Waals surface area contributed by atoms with E-state index in [9.17, 15) is 9.18 Å². The largest absolute Gasteiger partial charge is 0.385 e. The fourth-order valence-electron chi connectivity index (χ4n) is 1.89. The molecular weight excluding hydrogens is 281 g/mol. The molecule has 2 aromatic rings. The van der Waals surface area contributed by atoms with Crippen molar-refractivity contribution in [3.63, 3.8) is 0 Å². The zero-order chi connectivity index (χ0) is 15.9. The number of halogens is 1. The van der Waals surface area contributed by atoms with Gasteiger partial charge in [-0.25, -0.2) is 4.39 Å². The minimum Gasteiger partial charge on any atom is -0.385 e. The highest BCUT2D eigenvalue weighted by molar-refractivity contribution is 5.93. The molecule has 0 aliphatic carbocycles. The van der Waals surface area contributed by atoms with Crippen LogP contribution >= 0.6 is 0 Å². The van der Waals surface area contributed by atoms with Gasteiger partial charge in [0, 0.05) is 30.5 Å². The molecule has 5 heteroatoms. The Kier molecular flexibility index (Phi) is 5.47. The van der Waals surface area contributed by atoms with Crippen LogP contribution in [0.1, 0.15) is 29.9 Å². The minimum absolute atomic E-state index is 0.136. The molecule has 116 valence electrons. The third-order valence-corrected chi connectivity index (χ3v) is 3.10. The van der Waals surface area contributed by atoms with Crippen LogP contribution in [0, 0.1) is 11.7 Å². The number of hydrogen-bond donors (Lipinski definition) is 2. The van der Waals surface area contributed by atoms with E-state index in [1.54, 1.807) is 30.5 Å². The van der Waals surface area contributed by atoms with Gasteiger partial charge in [0.15, 0.2) is 0 Å². The van der Waals surface area contributed by atoms with E-state index in [1.165, 1.54) is 6.07 Å². The number of carbonyl (C=O) groups is 1. The predicted octanol–water partition coefficient (Wildman–Crippen LogP) is 3.22. The number of nitrogens with zero attached hydrogens (tertiary/aromatic N) is 1. The summed E-state index contributed by atoms with van der Waals surface area (Å²) < 4.78 is 13.5. The molecule has 1 aromatic carbocycles. The molecular formula is C17H20FN3O. The zero-order valence-electron chi connectivity index (χ0n) is 12.8. The summed E-state index contributed by atoms with van der Waals surface area (Å²) in [6.07, 6.45) is 1.58. The van der Waals surface area contributed by atoms with Crippen molar-refractivity contribution in [1.29, 1.82) is 0 Å². The molecule has 0 radical (unpaired) electrons.